The van der Waals surface area contributed by atoms with Gasteiger partial charge >= 0.3 is 5.97 Å². The Morgan fingerprint density at radius 1 is 0.773 bits per heavy atom. The third-order valence-electron chi connectivity index (χ3n) is 13.0. The van der Waals surface area contributed by atoms with Gasteiger partial charge in [0.15, 0.2) is 0 Å². The third-order valence-corrected chi connectivity index (χ3v) is 14.4. The summed E-state index contributed by atoms with van der Waals surface area (Å²) in [5.74, 6) is 3.32. The lowest BCUT2D eigenvalue weighted by molar-refractivity contribution is -0.140. The molecule has 7 aliphatic rings. The topological polar surface area (TPSA) is 60.9 Å². The highest BCUT2D eigenvalue weighted by Gasteiger charge is 2.54. The van der Waals surface area contributed by atoms with E-state index in [9.17, 15) is 14.7 Å². The summed E-state index contributed by atoms with van der Waals surface area (Å²) in [5, 5.41) is 9.21. The third kappa shape index (κ3) is 6.50. The van der Waals surface area contributed by atoms with Gasteiger partial charge in [0.2, 0.25) is 0 Å². The number of thiocarbonyl (C=S) groups is 1. The molecule has 1 N–H and O–H groups in total. The highest BCUT2D eigenvalue weighted by Crippen LogP contribution is 2.54. The molecule has 2 saturated heterocycles. The molecule has 2 aliphatic heterocycles. The number of fused-ring (bicyclic) bond motifs is 3. The van der Waals surface area contributed by atoms with Gasteiger partial charge in [-0.05, 0) is 119 Å². The second-order valence-corrected chi connectivity index (χ2v) is 17.2. The van der Waals surface area contributed by atoms with E-state index in [1.807, 2.05) is 5.57 Å². The van der Waals surface area contributed by atoms with Crippen molar-refractivity contribution in [3.63, 3.8) is 0 Å². The van der Waals surface area contributed by atoms with E-state index >= 15 is 0 Å². The lowest BCUT2D eigenvalue weighted by atomic mass is 9.71. The van der Waals surface area contributed by atoms with E-state index in [4.69, 9.17) is 12.2 Å². The predicted octanol–water partition coefficient (Wildman–Crippen LogP) is 8.73. The van der Waals surface area contributed by atoms with Crippen molar-refractivity contribution in [1.29, 1.82) is 0 Å². The largest absolute Gasteiger partial charge is 0.480 e. The Balaban J connectivity index is 1.00. The van der Waals surface area contributed by atoms with Crippen LogP contribution < -0.4 is 0 Å². The highest BCUT2D eigenvalue weighted by molar-refractivity contribution is 8.26. The Morgan fingerprint density at radius 3 is 2.07 bits per heavy atom. The van der Waals surface area contributed by atoms with Gasteiger partial charge in [-0.1, -0.05) is 86.7 Å². The number of carbonyl (C=O) groups excluding carboxylic acids is 1. The van der Waals surface area contributed by atoms with Crippen molar-refractivity contribution >= 4 is 40.2 Å². The molecule has 0 radical (unpaired) electrons. The number of rotatable bonds is 7. The van der Waals surface area contributed by atoms with Crippen LogP contribution in [0, 0.1) is 35.5 Å². The van der Waals surface area contributed by atoms with Crippen LogP contribution in [0.4, 0.5) is 0 Å². The molecule has 0 aromatic heterocycles. The zero-order valence-corrected chi connectivity index (χ0v) is 28.3. The lowest BCUT2D eigenvalue weighted by Gasteiger charge is -2.43. The Bertz CT molecular complexity index is 1130. The number of carboxylic acid groups (broad SMARTS) is 1. The molecule has 44 heavy (non-hydrogen) atoms. The molecule has 7 heteroatoms. The first kappa shape index (κ1) is 31.4. The number of allylic oxidation sites excluding steroid dienone is 3. The van der Waals surface area contributed by atoms with E-state index in [1.54, 1.807) is 0 Å². The molecule has 5 atom stereocenters. The first-order valence-electron chi connectivity index (χ1n) is 18.4. The Hall–Kier alpha value is -1.18. The molecule has 0 aromatic rings. The van der Waals surface area contributed by atoms with E-state index < -0.39 is 5.97 Å². The predicted molar refractivity (Wildman–Crippen MR) is 182 cm³/mol. The van der Waals surface area contributed by atoms with Crippen LogP contribution in [0.1, 0.15) is 128 Å². The SMILES string of the molecule is O=C(O)CN1C(=O)/C(=C\C2CCC3C(C2)C2CCCC2N3C2CCC(C=C(C3CCCCC3)C3CCCCC3)CC2)SC1=S. The number of carboxylic acids is 1. The number of thioether (sulfide) groups is 1. The molecule has 0 spiro atoms. The molecule has 7 fully saturated rings. The maximum absolute atomic E-state index is 12.9. The van der Waals surface area contributed by atoms with Crippen molar-refractivity contribution in [2.45, 2.75) is 147 Å². The number of aliphatic carboxylic acids is 1. The standard InChI is InChI=1S/C37H54N2O3S2/c40-35(41)23-38-36(42)34(44-37(38)43)22-25-16-19-33-31(21-25)29-12-7-13-32(29)39(33)28-17-14-24(15-18-28)20-30(26-8-3-1-4-9-26)27-10-5-2-6-11-27/h20,22,24-29,31-33H,1-19,21,23H2,(H,40,41)/b34-22+. The van der Waals surface area contributed by atoms with Crippen molar-refractivity contribution in [2.75, 3.05) is 6.54 Å². The minimum atomic E-state index is -1.01. The first-order valence-corrected chi connectivity index (χ1v) is 19.6. The van der Waals surface area contributed by atoms with Crippen LogP contribution in [0.2, 0.25) is 0 Å². The summed E-state index contributed by atoms with van der Waals surface area (Å²) in [4.78, 5) is 29.2. The summed E-state index contributed by atoms with van der Waals surface area (Å²) in [6.07, 6.45) is 32.8. The summed E-state index contributed by atoms with van der Waals surface area (Å²) < 4.78 is 0.385. The zero-order chi connectivity index (χ0) is 30.2. The fourth-order valence-electron chi connectivity index (χ4n) is 11.1. The zero-order valence-electron chi connectivity index (χ0n) is 26.7. The average molecular weight is 639 g/mol. The molecule has 5 nitrogen and oxygen atoms in total. The van der Waals surface area contributed by atoms with Crippen LogP contribution in [0.3, 0.4) is 0 Å². The van der Waals surface area contributed by atoms with Crippen LogP contribution >= 0.6 is 24.0 Å². The molecule has 5 aliphatic carbocycles. The van der Waals surface area contributed by atoms with Gasteiger partial charge in [-0.25, -0.2) is 0 Å². The minimum Gasteiger partial charge on any atom is -0.480 e. The summed E-state index contributed by atoms with van der Waals surface area (Å²) in [6.45, 7) is -0.337. The van der Waals surface area contributed by atoms with Crippen LogP contribution in [-0.4, -0.2) is 55.8 Å². The maximum atomic E-state index is 12.9. The molecule has 5 saturated carbocycles. The molecule has 242 valence electrons. The van der Waals surface area contributed by atoms with E-state index in [0.717, 1.165) is 48.1 Å². The van der Waals surface area contributed by atoms with Crippen molar-refractivity contribution in [2.24, 2.45) is 35.5 Å². The van der Waals surface area contributed by atoms with Gasteiger partial charge < -0.3 is 5.11 Å². The van der Waals surface area contributed by atoms with Gasteiger partial charge in [-0.2, -0.15) is 0 Å². The molecular weight excluding hydrogens is 585 g/mol. The monoisotopic (exact) mass is 638 g/mol. The fourth-order valence-corrected chi connectivity index (χ4v) is 12.5. The average Bonchev–Trinajstić information content (AvgIpc) is 3.71. The van der Waals surface area contributed by atoms with Gasteiger partial charge in [-0.3, -0.25) is 19.4 Å². The van der Waals surface area contributed by atoms with E-state index in [2.05, 4.69) is 17.1 Å². The fraction of sp³-hybridized carbons (Fsp3) is 0.811. The van der Waals surface area contributed by atoms with Gasteiger partial charge in [0.05, 0.1) is 4.91 Å². The van der Waals surface area contributed by atoms with E-state index in [0.29, 0.717) is 21.2 Å². The normalized spacial score (nSPS) is 38.2. The van der Waals surface area contributed by atoms with Crippen molar-refractivity contribution in [1.82, 2.24) is 9.80 Å². The number of nitrogens with zero attached hydrogens (tertiary/aromatic N) is 2. The van der Waals surface area contributed by atoms with Gasteiger partial charge in [0.25, 0.3) is 5.91 Å². The quantitative estimate of drug-likeness (QED) is 0.171. The van der Waals surface area contributed by atoms with Crippen molar-refractivity contribution in [3.8, 4) is 0 Å². The molecule has 2 heterocycles. The minimum absolute atomic E-state index is 0.211. The van der Waals surface area contributed by atoms with Crippen LogP contribution in [-0.2, 0) is 9.59 Å². The van der Waals surface area contributed by atoms with Gasteiger partial charge in [0, 0.05) is 18.1 Å². The molecule has 5 unspecified atom stereocenters. The molecular formula is C37H54N2O3S2. The number of hydrogen-bond acceptors (Lipinski definition) is 5. The van der Waals surface area contributed by atoms with E-state index in [1.165, 1.54) is 139 Å². The molecule has 1 amide bonds. The number of hydrogen-bond donors (Lipinski definition) is 1. The summed E-state index contributed by atoms with van der Waals surface area (Å²) in [5.41, 5.74) is 1.92. The second-order valence-electron chi connectivity index (χ2n) is 15.5. The Morgan fingerprint density at radius 2 is 1.41 bits per heavy atom. The van der Waals surface area contributed by atoms with Crippen LogP contribution in [0.5, 0.6) is 0 Å². The van der Waals surface area contributed by atoms with Crippen molar-refractivity contribution in [3.05, 3.63) is 22.6 Å². The van der Waals surface area contributed by atoms with Crippen molar-refractivity contribution < 1.29 is 14.7 Å². The summed E-state index contributed by atoms with van der Waals surface area (Å²) in [6, 6.07) is 2.25. The van der Waals surface area contributed by atoms with Gasteiger partial charge in [-0.15, -0.1) is 0 Å². The second kappa shape index (κ2) is 13.9. The summed E-state index contributed by atoms with van der Waals surface area (Å²) >= 11 is 6.65. The molecule has 0 bridgehead atoms. The molecule has 7 rings (SSSR count). The maximum Gasteiger partial charge on any atom is 0.323 e. The number of amides is 1. The van der Waals surface area contributed by atoms with Gasteiger partial charge in [0.1, 0.15) is 10.9 Å². The Kier molecular flexibility index (Phi) is 9.92. The van der Waals surface area contributed by atoms with Crippen LogP contribution in [0.25, 0.3) is 0 Å². The molecule has 0 aromatic carbocycles. The Labute approximate surface area is 275 Å². The summed E-state index contributed by atoms with van der Waals surface area (Å²) in [7, 11) is 0. The number of carbonyl (C=O) groups is 2. The first-order chi connectivity index (χ1) is 21.5. The van der Waals surface area contributed by atoms with Crippen LogP contribution in [0.15, 0.2) is 22.6 Å². The van der Waals surface area contributed by atoms with E-state index in [-0.39, 0.29) is 12.5 Å². The lowest BCUT2D eigenvalue weighted by Crippen LogP contribution is -2.47. The smallest absolute Gasteiger partial charge is 0.323 e. The highest BCUT2D eigenvalue weighted by atomic mass is 32.2. The number of likely N-dealkylation sites (tertiary alicyclic amines) is 1.